The lowest BCUT2D eigenvalue weighted by Gasteiger charge is -2.08. The Balaban J connectivity index is 2.31. The fourth-order valence-electron chi connectivity index (χ4n) is 1.51. The van der Waals surface area contributed by atoms with Crippen molar-refractivity contribution in [1.82, 2.24) is 4.90 Å². The topological polar surface area (TPSA) is 3.24 Å². The van der Waals surface area contributed by atoms with Gasteiger partial charge >= 0.3 is 0 Å². The molecule has 0 spiro atoms. The van der Waals surface area contributed by atoms with E-state index >= 15 is 0 Å². The van der Waals surface area contributed by atoms with Gasteiger partial charge < -0.3 is 4.90 Å². The van der Waals surface area contributed by atoms with Crippen LogP contribution in [0.4, 0.5) is 0 Å². The third kappa shape index (κ3) is 2.82. The van der Waals surface area contributed by atoms with Gasteiger partial charge in [0.1, 0.15) is 0 Å². The van der Waals surface area contributed by atoms with E-state index in [1.54, 1.807) is 22.7 Å². The van der Waals surface area contributed by atoms with Gasteiger partial charge in [0, 0.05) is 6.54 Å². The third-order valence-electron chi connectivity index (χ3n) is 2.32. The maximum absolute atomic E-state index is 2.30. The molecule has 1 nitrogen and oxygen atoms in total. The SMILES string of the molecule is CN(C)CC=C(c1ccsc1)c1ccsc1. The van der Waals surface area contributed by atoms with Gasteiger partial charge in [-0.3, -0.25) is 0 Å². The second kappa shape index (κ2) is 5.43. The molecule has 0 aromatic carbocycles. The van der Waals surface area contributed by atoms with Crippen molar-refractivity contribution < 1.29 is 0 Å². The number of thiophene rings is 2. The van der Waals surface area contributed by atoms with Crippen LogP contribution in [-0.2, 0) is 0 Å². The molecule has 16 heavy (non-hydrogen) atoms. The normalized spacial score (nSPS) is 10.7. The van der Waals surface area contributed by atoms with Crippen molar-refractivity contribution in [2.75, 3.05) is 20.6 Å². The summed E-state index contributed by atoms with van der Waals surface area (Å²) in [7, 11) is 4.19. The van der Waals surface area contributed by atoms with Gasteiger partial charge in [0.2, 0.25) is 0 Å². The molecule has 0 radical (unpaired) electrons. The second-order valence-corrected chi connectivity index (χ2v) is 5.46. The quantitative estimate of drug-likeness (QED) is 0.796. The Bertz CT molecular complexity index is 402. The largest absolute Gasteiger partial charge is 0.306 e. The molecule has 2 heterocycles. The molecule has 84 valence electrons. The van der Waals surface area contributed by atoms with Crippen molar-refractivity contribution in [2.45, 2.75) is 0 Å². The van der Waals surface area contributed by atoms with E-state index < -0.39 is 0 Å². The highest BCUT2D eigenvalue weighted by molar-refractivity contribution is 7.08. The van der Waals surface area contributed by atoms with E-state index in [9.17, 15) is 0 Å². The zero-order valence-electron chi connectivity index (χ0n) is 9.51. The lowest BCUT2D eigenvalue weighted by atomic mass is 10.0. The van der Waals surface area contributed by atoms with Crippen LogP contribution in [0.1, 0.15) is 11.1 Å². The minimum atomic E-state index is 0.973. The molecule has 0 N–H and O–H groups in total. The van der Waals surface area contributed by atoms with Gasteiger partial charge in [-0.15, -0.1) is 0 Å². The predicted octanol–water partition coefficient (Wildman–Crippen LogP) is 3.80. The summed E-state index contributed by atoms with van der Waals surface area (Å²) in [5.41, 5.74) is 3.99. The highest BCUT2D eigenvalue weighted by atomic mass is 32.1. The van der Waals surface area contributed by atoms with Crippen molar-refractivity contribution in [1.29, 1.82) is 0 Å². The van der Waals surface area contributed by atoms with Crippen LogP contribution in [-0.4, -0.2) is 25.5 Å². The van der Waals surface area contributed by atoms with Crippen molar-refractivity contribution >= 4 is 28.2 Å². The van der Waals surface area contributed by atoms with Crippen LogP contribution in [0.2, 0.25) is 0 Å². The highest BCUT2D eigenvalue weighted by Crippen LogP contribution is 2.26. The summed E-state index contributed by atoms with van der Waals surface area (Å²) in [6, 6.07) is 4.37. The first-order chi connectivity index (χ1) is 7.77. The molecule has 0 unspecified atom stereocenters. The van der Waals surface area contributed by atoms with Crippen LogP contribution >= 0.6 is 22.7 Å². The van der Waals surface area contributed by atoms with Crippen molar-refractivity contribution in [3.63, 3.8) is 0 Å². The minimum Gasteiger partial charge on any atom is -0.306 e. The molecule has 0 fully saturated rings. The van der Waals surface area contributed by atoms with Crippen LogP contribution < -0.4 is 0 Å². The van der Waals surface area contributed by atoms with E-state index in [0.29, 0.717) is 0 Å². The zero-order valence-corrected chi connectivity index (χ0v) is 11.1. The molecule has 0 bridgehead atoms. The maximum Gasteiger partial charge on any atom is 0.0166 e. The molecular formula is C13H15NS2. The fourth-order valence-corrected chi connectivity index (χ4v) is 2.82. The summed E-state index contributed by atoms with van der Waals surface area (Å²) in [6.45, 7) is 0.973. The molecule has 0 saturated carbocycles. The summed E-state index contributed by atoms with van der Waals surface area (Å²) in [5.74, 6) is 0. The van der Waals surface area contributed by atoms with E-state index in [4.69, 9.17) is 0 Å². The molecule has 2 rings (SSSR count). The first-order valence-corrected chi connectivity index (χ1v) is 7.06. The summed E-state index contributed by atoms with van der Waals surface area (Å²) < 4.78 is 0. The van der Waals surface area contributed by atoms with Gasteiger partial charge in [0.25, 0.3) is 0 Å². The zero-order chi connectivity index (χ0) is 11.4. The highest BCUT2D eigenvalue weighted by Gasteiger charge is 2.05. The molecule has 2 aromatic heterocycles. The molecule has 0 aliphatic carbocycles. The number of hydrogen-bond acceptors (Lipinski definition) is 3. The van der Waals surface area contributed by atoms with Crippen LogP contribution in [0.25, 0.3) is 5.57 Å². The first kappa shape index (κ1) is 11.6. The third-order valence-corrected chi connectivity index (χ3v) is 3.69. The number of hydrogen-bond donors (Lipinski definition) is 0. The van der Waals surface area contributed by atoms with E-state index in [1.807, 2.05) is 0 Å². The molecule has 0 amide bonds. The van der Waals surface area contributed by atoms with Crippen LogP contribution in [0.5, 0.6) is 0 Å². The van der Waals surface area contributed by atoms with Gasteiger partial charge in [-0.05, 0) is 64.4 Å². The number of rotatable bonds is 4. The summed E-state index contributed by atoms with van der Waals surface area (Å²) in [6.07, 6.45) is 2.30. The van der Waals surface area contributed by atoms with E-state index in [1.165, 1.54) is 16.7 Å². The van der Waals surface area contributed by atoms with Gasteiger partial charge in [0.05, 0.1) is 0 Å². The predicted molar refractivity (Wildman–Crippen MR) is 74.3 cm³/mol. The summed E-state index contributed by atoms with van der Waals surface area (Å²) in [5, 5.41) is 8.68. The van der Waals surface area contributed by atoms with Gasteiger partial charge in [-0.25, -0.2) is 0 Å². The van der Waals surface area contributed by atoms with Gasteiger partial charge in [-0.1, -0.05) is 6.08 Å². The van der Waals surface area contributed by atoms with Crippen molar-refractivity contribution in [3.8, 4) is 0 Å². The van der Waals surface area contributed by atoms with Gasteiger partial charge in [0.15, 0.2) is 0 Å². The Kier molecular flexibility index (Phi) is 3.93. The van der Waals surface area contributed by atoms with E-state index in [2.05, 4.69) is 58.7 Å². The van der Waals surface area contributed by atoms with Crippen LogP contribution in [0.3, 0.4) is 0 Å². The molecule has 0 saturated heterocycles. The van der Waals surface area contributed by atoms with Crippen LogP contribution in [0.15, 0.2) is 39.7 Å². The Morgan fingerprint density at radius 1 is 1.12 bits per heavy atom. The lowest BCUT2D eigenvalue weighted by molar-refractivity contribution is 0.457. The smallest absolute Gasteiger partial charge is 0.0166 e. The van der Waals surface area contributed by atoms with E-state index in [-0.39, 0.29) is 0 Å². The Morgan fingerprint density at radius 3 is 2.06 bits per heavy atom. The molecule has 3 heteroatoms. The molecular weight excluding hydrogens is 234 g/mol. The average molecular weight is 249 g/mol. The summed E-state index contributed by atoms with van der Waals surface area (Å²) in [4.78, 5) is 2.18. The minimum absolute atomic E-state index is 0.973. The molecule has 2 aromatic rings. The number of nitrogens with zero attached hydrogens (tertiary/aromatic N) is 1. The lowest BCUT2D eigenvalue weighted by Crippen LogP contribution is -2.11. The monoisotopic (exact) mass is 249 g/mol. The Morgan fingerprint density at radius 2 is 1.69 bits per heavy atom. The number of likely N-dealkylation sites (N-methyl/N-ethyl adjacent to an activating group) is 1. The van der Waals surface area contributed by atoms with Crippen molar-refractivity contribution in [3.05, 3.63) is 50.9 Å². The average Bonchev–Trinajstić information content (AvgIpc) is 2.88. The molecule has 0 aliphatic heterocycles. The summed E-state index contributed by atoms with van der Waals surface area (Å²) >= 11 is 3.50. The molecule has 0 aliphatic rings. The fraction of sp³-hybridized carbons (Fsp3) is 0.231. The van der Waals surface area contributed by atoms with Gasteiger partial charge in [-0.2, -0.15) is 22.7 Å². The second-order valence-electron chi connectivity index (χ2n) is 3.90. The van der Waals surface area contributed by atoms with Crippen LogP contribution in [0, 0.1) is 0 Å². The Hall–Kier alpha value is -0.900. The maximum atomic E-state index is 2.30. The Labute approximate surface area is 105 Å². The molecule has 0 atom stereocenters. The first-order valence-electron chi connectivity index (χ1n) is 5.17. The standard InChI is InChI=1S/C13H15NS2/c1-14(2)6-3-13(11-4-7-15-9-11)12-5-8-16-10-12/h3-5,7-10H,6H2,1-2H3. The van der Waals surface area contributed by atoms with Crippen molar-refractivity contribution in [2.24, 2.45) is 0 Å². The van der Waals surface area contributed by atoms with E-state index in [0.717, 1.165) is 6.54 Å².